The summed E-state index contributed by atoms with van der Waals surface area (Å²) >= 11 is 0. The number of hydrogen-bond donors (Lipinski definition) is 1. The predicted molar refractivity (Wildman–Crippen MR) is 68.6 cm³/mol. The van der Waals surface area contributed by atoms with Crippen molar-refractivity contribution in [2.75, 3.05) is 5.73 Å². The van der Waals surface area contributed by atoms with Crippen molar-refractivity contribution in [1.82, 2.24) is 0 Å². The molecule has 0 aliphatic rings. The molecule has 0 radical (unpaired) electrons. The summed E-state index contributed by atoms with van der Waals surface area (Å²) < 4.78 is 38.4. The number of anilines is 1. The number of fused-ring (bicyclic) bond motifs is 1. The van der Waals surface area contributed by atoms with Gasteiger partial charge in [0.1, 0.15) is 5.82 Å². The second-order valence-corrected chi connectivity index (χ2v) is 3.81. The Kier molecular flexibility index (Phi) is 3.10. The second-order valence-electron chi connectivity index (χ2n) is 3.81. The highest BCUT2D eigenvalue weighted by atomic mass is 19.3. The SMILES string of the molecule is C=Cc1cc(N)cc2ccc(F)c(C=C(F)F)c12. The fraction of sp³-hybridized carbons (Fsp3) is 0. The summed E-state index contributed by atoms with van der Waals surface area (Å²) in [5, 5.41) is 0.978. The number of benzene rings is 2. The summed E-state index contributed by atoms with van der Waals surface area (Å²) in [6, 6.07) is 5.82. The van der Waals surface area contributed by atoms with Crippen molar-refractivity contribution in [3.63, 3.8) is 0 Å². The second kappa shape index (κ2) is 4.56. The molecule has 92 valence electrons. The Morgan fingerprint density at radius 3 is 2.56 bits per heavy atom. The quantitative estimate of drug-likeness (QED) is 0.782. The van der Waals surface area contributed by atoms with Crippen LogP contribution in [0, 0.1) is 5.82 Å². The molecule has 4 heteroatoms. The van der Waals surface area contributed by atoms with E-state index in [1.165, 1.54) is 12.1 Å². The summed E-state index contributed by atoms with van der Waals surface area (Å²) in [4.78, 5) is 0. The van der Waals surface area contributed by atoms with E-state index in [-0.39, 0.29) is 5.56 Å². The highest BCUT2D eigenvalue weighted by molar-refractivity contribution is 5.99. The number of nitrogens with two attached hydrogens (primary N) is 1. The van der Waals surface area contributed by atoms with E-state index in [2.05, 4.69) is 6.58 Å². The maximum atomic E-state index is 13.7. The predicted octanol–water partition coefficient (Wildman–Crippen LogP) is 4.44. The molecule has 0 unspecified atom stereocenters. The molecule has 2 aromatic carbocycles. The van der Waals surface area contributed by atoms with E-state index >= 15 is 0 Å². The van der Waals surface area contributed by atoms with Crippen molar-refractivity contribution >= 4 is 28.6 Å². The van der Waals surface area contributed by atoms with Crippen molar-refractivity contribution < 1.29 is 13.2 Å². The number of halogens is 3. The lowest BCUT2D eigenvalue weighted by Gasteiger charge is -2.09. The van der Waals surface area contributed by atoms with Gasteiger partial charge in [-0.1, -0.05) is 18.7 Å². The zero-order chi connectivity index (χ0) is 13.3. The van der Waals surface area contributed by atoms with Gasteiger partial charge in [-0.15, -0.1) is 0 Å². The molecular weight excluding hydrogens is 239 g/mol. The zero-order valence-electron chi connectivity index (χ0n) is 9.38. The average molecular weight is 249 g/mol. The van der Waals surface area contributed by atoms with Crippen LogP contribution in [0.2, 0.25) is 0 Å². The van der Waals surface area contributed by atoms with Crippen LogP contribution in [0.3, 0.4) is 0 Å². The van der Waals surface area contributed by atoms with Crippen LogP contribution in [-0.2, 0) is 0 Å². The van der Waals surface area contributed by atoms with E-state index in [4.69, 9.17) is 5.73 Å². The van der Waals surface area contributed by atoms with Crippen LogP contribution < -0.4 is 5.73 Å². The molecule has 1 nitrogen and oxygen atoms in total. The van der Waals surface area contributed by atoms with E-state index in [1.807, 2.05) is 0 Å². The average Bonchev–Trinajstić information content (AvgIpc) is 2.31. The third kappa shape index (κ3) is 2.09. The van der Waals surface area contributed by atoms with E-state index < -0.39 is 11.9 Å². The minimum absolute atomic E-state index is 0.151. The van der Waals surface area contributed by atoms with E-state index in [1.54, 1.807) is 12.1 Å². The minimum Gasteiger partial charge on any atom is -0.399 e. The van der Waals surface area contributed by atoms with Gasteiger partial charge in [0.25, 0.3) is 6.08 Å². The molecule has 0 heterocycles. The van der Waals surface area contributed by atoms with Crippen LogP contribution in [0.5, 0.6) is 0 Å². The molecule has 0 saturated heterocycles. The highest BCUT2D eigenvalue weighted by Crippen LogP contribution is 2.30. The Bertz CT molecular complexity index is 656. The molecule has 0 aromatic heterocycles. The summed E-state index contributed by atoms with van der Waals surface area (Å²) in [7, 11) is 0. The molecule has 0 atom stereocenters. The number of hydrogen-bond acceptors (Lipinski definition) is 1. The first kappa shape index (κ1) is 12.2. The highest BCUT2D eigenvalue weighted by Gasteiger charge is 2.10. The van der Waals surface area contributed by atoms with Crippen molar-refractivity contribution in [3.05, 3.63) is 53.9 Å². The van der Waals surface area contributed by atoms with Gasteiger partial charge in [-0.3, -0.25) is 0 Å². The molecule has 0 aliphatic heterocycles. The third-order valence-electron chi connectivity index (χ3n) is 2.63. The van der Waals surface area contributed by atoms with Gasteiger partial charge in [-0.25, -0.2) is 4.39 Å². The molecule has 0 spiro atoms. The number of rotatable bonds is 2. The Morgan fingerprint density at radius 2 is 1.94 bits per heavy atom. The van der Waals surface area contributed by atoms with Crippen LogP contribution in [0.25, 0.3) is 22.9 Å². The summed E-state index contributed by atoms with van der Waals surface area (Å²) in [6.07, 6.45) is 0.0279. The Balaban J connectivity index is 2.95. The lowest BCUT2D eigenvalue weighted by atomic mass is 9.98. The van der Waals surface area contributed by atoms with Gasteiger partial charge in [0.05, 0.1) is 0 Å². The summed E-state index contributed by atoms with van der Waals surface area (Å²) in [5.74, 6) is -0.705. The standard InChI is InChI=1S/C14H10F3N/c1-2-8-5-10(18)6-9-3-4-12(15)11(14(8)9)7-13(16)17/h2-7H,1,18H2. The Hall–Kier alpha value is -2.23. The van der Waals surface area contributed by atoms with Crippen LogP contribution in [0.1, 0.15) is 11.1 Å². The molecular formula is C14H10F3N. The van der Waals surface area contributed by atoms with Gasteiger partial charge in [-0.2, -0.15) is 8.78 Å². The zero-order valence-corrected chi connectivity index (χ0v) is 9.38. The van der Waals surface area contributed by atoms with Crippen LogP contribution in [0.4, 0.5) is 18.9 Å². The molecule has 18 heavy (non-hydrogen) atoms. The van der Waals surface area contributed by atoms with Gasteiger partial charge in [0.2, 0.25) is 0 Å². The molecule has 0 saturated carbocycles. The largest absolute Gasteiger partial charge is 0.399 e. The van der Waals surface area contributed by atoms with E-state index in [0.717, 1.165) is 6.07 Å². The molecule has 2 aromatic rings. The molecule has 0 amide bonds. The van der Waals surface area contributed by atoms with Gasteiger partial charge in [0.15, 0.2) is 0 Å². The Labute approximate surface area is 102 Å². The lowest BCUT2D eigenvalue weighted by Crippen LogP contribution is -1.92. The van der Waals surface area contributed by atoms with Crippen molar-refractivity contribution in [3.8, 4) is 0 Å². The lowest BCUT2D eigenvalue weighted by molar-refractivity contribution is 0.429. The van der Waals surface area contributed by atoms with Gasteiger partial charge in [0, 0.05) is 17.3 Å². The van der Waals surface area contributed by atoms with Gasteiger partial charge in [-0.05, 0) is 34.5 Å². The number of nitrogen functional groups attached to an aromatic ring is 1. The molecule has 0 bridgehead atoms. The van der Waals surface area contributed by atoms with Gasteiger partial charge < -0.3 is 5.73 Å². The molecule has 2 N–H and O–H groups in total. The first-order chi connectivity index (χ1) is 8.52. The first-order valence-corrected chi connectivity index (χ1v) is 5.20. The maximum absolute atomic E-state index is 13.7. The van der Waals surface area contributed by atoms with Crippen LogP contribution >= 0.6 is 0 Å². The van der Waals surface area contributed by atoms with E-state index in [0.29, 0.717) is 28.1 Å². The minimum atomic E-state index is -1.95. The first-order valence-electron chi connectivity index (χ1n) is 5.20. The van der Waals surface area contributed by atoms with Crippen LogP contribution in [0.15, 0.2) is 36.9 Å². The summed E-state index contributed by atoms with van der Waals surface area (Å²) in [5.41, 5.74) is 6.53. The smallest absolute Gasteiger partial charge is 0.271 e. The van der Waals surface area contributed by atoms with Gasteiger partial charge >= 0.3 is 0 Å². The normalized spacial score (nSPS) is 10.4. The molecule has 0 fully saturated rings. The third-order valence-corrected chi connectivity index (χ3v) is 2.63. The van der Waals surface area contributed by atoms with Crippen molar-refractivity contribution in [2.45, 2.75) is 0 Å². The van der Waals surface area contributed by atoms with E-state index in [9.17, 15) is 13.2 Å². The molecule has 2 rings (SSSR count). The fourth-order valence-corrected chi connectivity index (χ4v) is 1.94. The summed E-state index contributed by atoms with van der Waals surface area (Å²) in [6.45, 7) is 3.59. The monoisotopic (exact) mass is 249 g/mol. The Morgan fingerprint density at radius 1 is 1.22 bits per heavy atom. The maximum Gasteiger partial charge on any atom is 0.271 e. The topological polar surface area (TPSA) is 26.0 Å². The fourth-order valence-electron chi connectivity index (χ4n) is 1.94. The molecule has 0 aliphatic carbocycles. The van der Waals surface area contributed by atoms with Crippen molar-refractivity contribution in [1.29, 1.82) is 0 Å². The van der Waals surface area contributed by atoms with Crippen molar-refractivity contribution in [2.24, 2.45) is 0 Å². The van der Waals surface area contributed by atoms with Crippen LogP contribution in [-0.4, -0.2) is 0 Å².